The van der Waals surface area contributed by atoms with Crippen LogP contribution in [0.1, 0.15) is 12.0 Å². The molecule has 0 aliphatic carbocycles. The number of aryl methyl sites for hydroxylation is 1. The van der Waals surface area contributed by atoms with Gasteiger partial charge in [-0.05, 0) is 0 Å². The van der Waals surface area contributed by atoms with Crippen molar-refractivity contribution < 1.29 is 4.39 Å². The normalized spacial score (nSPS) is 13.2. The molecule has 0 amide bonds. The Hall–Kier alpha value is -1.87. The fourth-order valence-electron chi connectivity index (χ4n) is 2.88. The molecule has 3 aromatic rings. The first-order valence-electron chi connectivity index (χ1n) is 8.16. The van der Waals surface area contributed by atoms with Gasteiger partial charge in [-0.15, -0.1) is 0 Å². The number of benzene rings is 2. The van der Waals surface area contributed by atoms with E-state index in [9.17, 15) is 4.39 Å². The molecule has 1 N–H and O–H groups in total. The van der Waals surface area contributed by atoms with E-state index in [1.165, 1.54) is 26.6 Å². The zero-order valence-corrected chi connectivity index (χ0v) is 15.9. The predicted octanol–water partition coefficient (Wildman–Crippen LogP) is 3.55. The SMILES string of the molecule is Fc1ccc(-c2nc3c(cc2[Se]c2ccc(Cl)cc2)CCCN3)cc1. The summed E-state index contributed by atoms with van der Waals surface area (Å²) in [6.07, 6.45) is 2.17. The standard InChI is InChI=1S/C20H16ClFN2Se/c21-15-5-9-17(10-6-15)25-18-12-14-2-1-11-23-20(14)24-19(18)13-3-7-16(22)8-4-13/h3-10,12H,1-2,11H2,(H,23,24). The second-order valence-electron chi connectivity index (χ2n) is 5.94. The summed E-state index contributed by atoms with van der Waals surface area (Å²) in [5, 5.41) is 4.13. The number of hydrogen-bond donors (Lipinski definition) is 1. The maximum atomic E-state index is 13.3. The number of anilines is 1. The van der Waals surface area contributed by atoms with Gasteiger partial charge in [0.1, 0.15) is 0 Å². The van der Waals surface area contributed by atoms with Crippen molar-refractivity contribution >= 4 is 41.3 Å². The number of nitrogens with zero attached hydrogens (tertiary/aromatic N) is 1. The van der Waals surface area contributed by atoms with Gasteiger partial charge in [-0.2, -0.15) is 0 Å². The van der Waals surface area contributed by atoms with Crippen molar-refractivity contribution in [3.05, 3.63) is 71.0 Å². The number of nitrogens with one attached hydrogen (secondary N) is 1. The number of aromatic nitrogens is 1. The first-order chi connectivity index (χ1) is 12.2. The van der Waals surface area contributed by atoms with Crippen LogP contribution in [0.15, 0.2) is 54.6 Å². The number of fused-ring (bicyclic) bond motifs is 1. The Kier molecular flexibility index (Phi) is 4.76. The van der Waals surface area contributed by atoms with Gasteiger partial charge in [0.15, 0.2) is 0 Å². The van der Waals surface area contributed by atoms with E-state index < -0.39 is 0 Å². The minimum atomic E-state index is -0.232. The van der Waals surface area contributed by atoms with Crippen LogP contribution in [0, 0.1) is 5.82 Å². The van der Waals surface area contributed by atoms with Gasteiger partial charge >= 0.3 is 158 Å². The third-order valence-electron chi connectivity index (χ3n) is 4.14. The van der Waals surface area contributed by atoms with E-state index in [2.05, 4.69) is 23.5 Å². The zero-order valence-electron chi connectivity index (χ0n) is 13.4. The summed E-state index contributed by atoms with van der Waals surface area (Å²) in [4.78, 5) is 4.88. The first-order valence-corrected chi connectivity index (χ1v) is 10.3. The van der Waals surface area contributed by atoms with Gasteiger partial charge in [0.05, 0.1) is 0 Å². The molecule has 0 unspecified atom stereocenters. The Morgan fingerprint density at radius 3 is 2.56 bits per heavy atom. The predicted molar refractivity (Wildman–Crippen MR) is 103 cm³/mol. The van der Waals surface area contributed by atoms with Gasteiger partial charge in [0.25, 0.3) is 0 Å². The Labute approximate surface area is 157 Å². The van der Waals surface area contributed by atoms with Gasteiger partial charge < -0.3 is 0 Å². The maximum absolute atomic E-state index is 13.3. The molecule has 4 rings (SSSR count). The quantitative estimate of drug-likeness (QED) is 0.659. The van der Waals surface area contributed by atoms with Gasteiger partial charge in [-0.3, -0.25) is 0 Å². The molecule has 2 nitrogen and oxygen atoms in total. The van der Waals surface area contributed by atoms with Crippen LogP contribution in [0.25, 0.3) is 11.3 Å². The van der Waals surface area contributed by atoms with E-state index in [-0.39, 0.29) is 20.8 Å². The van der Waals surface area contributed by atoms with E-state index in [4.69, 9.17) is 16.6 Å². The van der Waals surface area contributed by atoms with Crippen LogP contribution >= 0.6 is 11.6 Å². The number of pyridine rings is 1. The van der Waals surface area contributed by atoms with Crippen molar-refractivity contribution in [1.29, 1.82) is 0 Å². The molecule has 126 valence electrons. The monoisotopic (exact) mass is 418 g/mol. The second kappa shape index (κ2) is 7.17. The van der Waals surface area contributed by atoms with Gasteiger partial charge in [0.2, 0.25) is 0 Å². The molecule has 0 bridgehead atoms. The van der Waals surface area contributed by atoms with E-state index in [1.807, 2.05) is 12.1 Å². The van der Waals surface area contributed by atoms with E-state index in [0.29, 0.717) is 0 Å². The molecule has 2 heterocycles. The van der Waals surface area contributed by atoms with Gasteiger partial charge in [0, 0.05) is 0 Å². The molecular formula is C20H16ClFN2Se. The number of rotatable bonds is 3. The molecule has 0 fully saturated rings. The Balaban J connectivity index is 1.79. The summed E-state index contributed by atoms with van der Waals surface area (Å²) in [7, 11) is 0. The van der Waals surface area contributed by atoms with Gasteiger partial charge in [-0.1, -0.05) is 0 Å². The minimum absolute atomic E-state index is 0.105. The summed E-state index contributed by atoms with van der Waals surface area (Å²) in [5.74, 6) is 0.728. The van der Waals surface area contributed by atoms with Crippen LogP contribution in [0.2, 0.25) is 5.02 Å². The fourth-order valence-corrected chi connectivity index (χ4v) is 5.08. The zero-order chi connectivity index (χ0) is 17.2. The number of hydrogen-bond acceptors (Lipinski definition) is 2. The van der Waals surface area contributed by atoms with Crippen molar-refractivity contribution in [3.8, 4) is 11.3 Å². The third-order valence-corrected chi connectivity index (χ3v) is 6.57. The van der Waals surface area contributed by atoms with Crippen LogP contribution in [0.5, 0.6) is 0 Å². The average Bonchev–Trinajstić information content (AvgIpc) is 2.64. The van der Waals surface area contributed by atoms with Crippen molar-refractivity contribution in [1.82, 2.24) is 4.98 Å². The fraction of sp³-hybridized carbons (Fsp3) is 0.150. The molecule has 1 aliphatic heterocycles. The molecule has 0 radical (unpaired) electrons. The summed E-state index contributed by atoms with van der Waals surface area (Å²) in [6.45, 7) is 0.949. The van der Waals surface area contributed by atoms with Crippen LogP contribution in [-0.2, 0) is 6.42 Å². The second-order valence-corrected chi connectivity index (χ2v) is 8.71. The topological polar surface area (TPSA) is 24.9 Å². The molecule has 2 aromatic carbocycles. The third kappa shape index (κ3) is 3.71. The molecule has 0 saturated heterocycles. The molecule has 1 aliphatic rings. The number of halogens is 2. The summed E-state index contributed by atoms with van der Waals surface area (Å²) >= 11 is 6.11. The van der Waals surface area contributed by atoms with E-state index >= 15 is 0 Å². The van der Waals surface area contributed by atoms with Crippen LogP contribution < -0.4 is 14.2 Å². The average molecular weight is 418 g/mol. The molecule has 5 heteroatoms. The summed E-state index contributed by atoms with van der Waals surface area (Å²) < 4.78 is 15.8. The van der Waals surface area contributed by atoms with Crippen molar-refractivity contribution in [2.75, 3.05) is 11.9 Å². The molecule has 0 spiro atoms. The van der Waals surface area contributed by atoms with E-state index in [1.54, 1.807) is 12.1 Å². The molecule has 0 saturated carbocycles. The molecular weight excluding hydrogens is 402 g/mol. The van der Waals surface area contributed by atoms with Crippen molar-refractivity contribution in [3.63, 3.8) is 0 Å². The van der Waals surface area contributed by atoms with Crippen molar-refractivity contribution in [2.45, 2.75) is 12.8 Å². The molecule has 25 heavy (non-hydrogen) atoms. The Morgan fingerprint density at radius 2 is 1.80 bits per heavy atom. The van der Waals surface area contributed by atoms with Crippen LogP contribution in [-0.4, -0.2) is 26.5 Å². The Morgan fingerprint density at radius 1 is 1.04 bits per heavy atom. The van der Waals surface area contributed by atoms with E-state index in [0.717, 1.165) is 41.5 Å². The summed E-state index contributed by atoms with van der Waals surface area (Å²) in [6, 6.07) is 16.8. The first kappa shape index (κ1) is 16.6. The molecule has 0 atom stereocenters. The summed E-state index contributed by atoms with van der Waals surface area (Å²) in [5.41, 5.74) is 3.15. The van der Waals surface area contributed by atoms with Gasteiger partial charge in [-0.25, -0.2) is 0 Å². The van der Waals surface area contributed by atoms with Crippen LogP contribution in [0.4, 0.5) is 10.2 Å². The van der Waals surface area contributed by atoms with Crippen molar-refractivity contribution in [2.24, 2.45) is 0 Å². The van der Waals surface area contributed by atoms with Crippen LogP contribution in [0.3, 0.4) is 0 Å². The molecule has 1 aromatic heterocycles. The Bertz CT molecular complexity index is 895.